The molecule has 7 heteroatoms. The van der Waals surface area contributed by atoms with Crippen LogP contribution in [0.25, 0.3) is 0 Å². The van der Waals surface area contributed by atoms with Crippen molar-refractivity contribution in [1.82, 2.24) is 4.98 Å². The topological polar surface area (TPSA) is 68.1 Å². The van der Waals surface area contributed by atoms with Crippen LogP contribution in [-0.4, -0.2) is 9.91 Å². The molecule has 5 nitrogen and oxygen atoms in total. The van der Waals surface area contributed by atoms with Crippen LogP contribution in [0.15, 0.2) is 36.4 Å². The van der Waals surface area contributed by atoms with Gasteiger partial charge in [-0.3, -0.25) is 10.1 Å². The fourth-order valence-electron chi connectivity index (χ4n) is 1.33. The van der Waals surface area contributed by atoms with E-state index in [1.807, 2.05) is 24.3 Å². The first-order valence-electron chi connectivity index (χ1n) is 4.89. The zero-order chi connectivity index (χ0) is 13.1. The van der Waals surface area contributed by atoms with Crippen LogP contribution in [0.5, 0.6) is 0 Å². The largest absolute Gasteiger partial charge is 0.340 e. The molecule has 1 N–H and O–H groups in total. The highest BCUT2D eigenvalue weighted by molar-refractivity contribution is 14.1. The van der Waals surface area contributed by atoms with Crippen molar-refractivity contribution in [2.75, 3.05) is 5.32 Å². The van der Waals surface area contributed by atoms with Gasteiger partial charge >= 0.3 is 0 Å². The molecular weight excluding hydrogens is 368 g/mol. The lowest BCUT2D eigenvalue weighted by molar-refractivity contribution is -0.384. The molecule has 0 aliphatic heterocycles. The third-order valence-corrected chi connectivity index (χ3v) is 3.02. The summed E-state index contributed by atoms with van der Waals surface area (Å²) in [5, 5.41) is 13.7. The summed E-state index contributed by atoms with van der Waals surface area (Å²) in [7, 11) is 0. The van der Waals surface area contributed by atoms with E-state index in [9.17, 15) is 10.1 Å². The molecule has 2 aromatic rings. The summed E-state index contributed by atoms with van der Waals surface area (Å²) in [6, 6.07) is 10.1. The summed E-state index contributed by atoms with van der Waals surface area (Å²) in [6.07, 6.45) is 0. The Morgan fingerprint density at radius 1 is 1.28 bits per heavy atom. The molecule has 0 fully saturated rings. The molecule has 0 amide bonds. The second kappa shape index (κ2) is 5.49. The molecule has 1 heterocycles. The summed E-state index contributed by atoms with van der Waals surface area (Å²) in [5.74, 6) is 0.343. The van der Waals surface area contributed by atoms with Gasteiger partial charge in [0.1, 0.15) is 11.0 Å². The van der Waals surface area contributed by atoms with Crippen molar-refractivity contribution in [3.63, 3.8) is 0 Å². The number of pyridine rings is 1. The van der Waals surface area contributed by atoms with E-state index in [4.69, 9.17) is 11.6 Å². The summed E-state index contributed by atoms with van der Waals surface area (Å²) in [4.78, 5) is 14.2. The van der Waals surface area contributed by atoms with E-state index in [0.29, 0.717) is 5.82 Å². The Kier molecular flexibility index (Phi) is 3.97. The van der Waals surface area contributed by atoms with Crippen LogP contribution in [0.3, 0.4) is 0 Å². The van der Waals surface area contributed by atoms with Gasteiger partial charge in [-0.1, -0.05) is 11.6 Å². The first-order chi connectivity index (χ1) is 8.54. The standard InChI is InChI=1S/C11H7ClIN3O2/c12-10-5-9(16(17)18)6-11(15-10)14-8-3-1-7(13)2-4-8/h1-6H,(H,14,15). The van der Waals surface area contributed by atoms with Crippen molar-refractivity contribution in [2.24, 2.45) is 0 Å². The van der Waals surface area contributed by atoms with Gasteiger partial charge in [0.15, 0.2) is 0 Å². The van der Waals surface area contributed by atoms with Gasteiger partial charge in [-0.25, -0.2) is 4.98 Å². The van der Waals surface area contributed by atoms with Crippen molar-refractivity contribution in [3.05, 3.63) is 55.2 Å². The molecule has 0 spiro atoms. The molecular formula is C11H7ClIN3O2. The van der Waals surface area contributed by atoms with Gasteiger partial charge in [0.2, 0.25) is 0 Å². The molecule has 2 rings (SSSR count). The van der Waals surface area contributed by atoms with Gasteiger partial charge in [0.25, 0.3) is 5.69 Å². The van der Waals surface area contributed by atoms with E-state index in [-0.39, 0.29) is 10.8 Å². The van der Waals surface area contributed by atoms with Crippen LogP contribution < -0.4 is 5.32 Å². The molecule has 0 saturated heterocycles. The third-order valence-electron chi connectivity index (χ3n) is 2.11. The number of benzene rings is 1. The third kappa shape index (κ3) is 3.30. The number of nitrogens with zero attached hydrogens (tertiary/aromatic N) is 2. The summed E-state index contributed by atoms with van der Waals surface area (Å²) < 4.78 is 1.10. The Morgan fingerprint density at radius 3 is 2.56 bits per heavy atom. The van der Waals surface area contributed by atoms with Gasteiger partial charge in [0.05, 0.1) is 17.1 Å². The molecule has 1 aromatic carbocycles. The molecule has 18 heavy (non-hydrogen) atoms. The Bertz CT molecular complexity index is 589. The summed E-state index contributed by atoms with van der Waals surface area (Å²) in [5.41, 5.74) is 0.697. The van der Waals surface area contributed by atoms with Crippen molar-refractivity contribution < 1.29 is 4.92 Å². The monoisotopic (exact) mass is 375 g/mol. The summed E-state index contributed by atoms with van der Waals surface area (Å²) >= 11 is 7.92. The Balaban J connectivity index is 2.28. The average Bonchev–Trinajstić information content (AvgIpc) is 2.31. The first kappa shape index (κ1) is 13.0. The van der Waals surface area contributed by atoms with Crippen LogP contribution in [0.1, 0.15) is 0 Å². The number of halogens is 2. The van der Waals surface area contributed by atoms with E-state index in [2.05, 4.69) is 32.9 Å². The van der Waals surface area contributed by atoms with Gasteiger partial charge in [-0.2, -0.15) is 0 Å². The number of anilines is 2. The van der Waals surface area contributed by atoms with E-state index in [0.717, 1.165) is 9.26 Å². The van der Waals surface area contributed by atoms with Gasteiger partial charge < -0.3 is 5.32 Å². The van der Waals surface area contributed by atoms with Crippen molar-refractivity contribution in [3.8, 4) is 0 Å². The Labute approximate surface area is 121 Å². The van der Waals surface area contributed by atoms with Crippen LogP contribution in [-0.2, 0) is 0 Å². The quantitative estimate of drug-likeness (QED) is 0.381. The zero-order valence-corrected chi connectivity index (χ0v) is 11.8. The van der Waals surface area contributed by atoms with E-state index < -0.39 is 4.92 Å². The highest BCUT2D eigenvalue weighted by atomic mass is 127. The maximum Gasteiger partial charge on any atom is 0.276 e. The highest BCUT2D eigenvalue weighted by Gasteiger charge is 2.10. The first-order valence-corrected chi connectivity index (χ1v) is 6.35. The average molecular weight is 376 g/mol. The number of nitro groups is 1. The molecule has 0 aliphatic carbocycles. The molecule has 0 saturated carbocycles. The summed E-state index contributed by atoms with van der Waals surface area (Å²) in [6.45, 7) is 0. The lowest BCUT2D eigenvalue weighted by atomic mass is 10.3. The van der Waals surface area contributed by atoms with E-state index in [1.165, 1.54) is 12.1 Å². The molecule has 0 unspecified atom stereocenters. The Hall–Kier alpha value is -1.41. The predicted molar refractivity (Wildman–Crippen MR) is 78.3 cm³/mol. The fourth-order valence-corrected chi connectivity index (χ4v) is 1.90. The smallest absolute Gasteiger partial charge is 0.276 e. The minimum absolute atomic E-state index is 0.0808. The van der Waals surface area contributed by atoms with Gasteiger partial charge in [-0.15, -0.1) is 0 Å². The van der Waals surface area contributed by atoms with Crippen molar-refractivity contribution >= 4 is 51.4 Å². The van der Waals surface area contributed by atoms with Gasteiger partial charge in [0, 0.05) is 9.26 Å². The maximum atomic E-state index is 10.7. The van der Waals surface area contributed by atoms with Gasteiger partial charge in [-0.05, 0) is 46.9 Å². The second-order valence-corrected chi connectivity index (χ2v) is 5.06. The molecule has 0 atom stereocenters. The van der Waals surface area contributed by atoms with E-state index >= 15 is 0 Å². The number of aromatic nitrogens is 1. The van der Waals surface area contributed by atoms with Crippen LogP contribution in [0, 0.1) is 13.7 Å². The molecule has 1 aromatic heterocycles. The minimum Gasteiger partial charge on any atom is -0.340 e. The molecule has 0 bridgehead atoms. The van der Waals surface area contributed by atoms with Crippen LogP contribution in [0.2, 0.25) is 5.15 Å². The van der Waals surface area contributed by atoms with Crippen LogP contribution in [0.4, 0.5) is 17.2 Å². The fraction of sp³-hybridized carbons (Fsp3) is 0. The van der Waals surface area contributed by atoms with Crippen molar-refractivity contribution in [2.45, 2.75) is 0 Å². The normalized spacial score (nSPS) is 10.1. The second-order valence-electron chi connectivity index (χ2n) is 3.42. The highest BCUT2D eigenvalue weighted by Crippen LogP contribution is 2.23. The number of hydrogen-bond donors (Lipinski definition) is 1. The molecule has 92 valence electrons. The van der Waals surface area contributed by atoms with Crippen LogP contribution >= 0.6 is 34.2 Å². The SMILES string of the molecule is O=[N+]([O-])c1cc(Cl)nc(Nc2ccc(I)cc2)c1. The maximum absolute atomic E-state index is 10.7. The molecule has 0 radical (unpaired) electrons. The number of hydrogen-bond acceptors (Lipinski definition) is 4. The van der Waals surface area contributed by atoms with E-state index in [1.54, 1.807) is 0 Å². The number of rotatable bonds is 3. The number of nitrogens with one attached hydrogen (secondary N) is 1. The molecule has 0 aliphatic rings. The lowest BCUT2D eigenvalue weighted by Gasteiger charge is -2.05. The minimum atomic E-state index is -0.507. The Morgan fingerprint density at radius 2 is 1.94 bits per heavy atom. The van der Waals surface area contributed by atoms with Crippen molar-refractivity contribution in [1.29, 1.82) is 0 Å². The predicted octanol–water partition coefficient (Wildman–Crippen LogP) is 3.99. The lowest BCUT2D eigenvalue weighted by Crippen LogP contribution is -1.96. The zero-order valence-electron chi connectivity index (χ0n) is 8.93.